The molecular formula is C22H21N3O3S. The Morgan fingerprint density at radius 3 is 2.86 bits per heavy atom. The van der Waals surface area contributed by atoms with E-state index in [1.165, 1.54) is 11.3 Å². The Hall–Kier alpha value is -3.06. The zero-order chi connectivity index (χ0) is 19.8. The van der Waals surface area contributed by atoms with Gasteiger partial charge >= 0.3 is 0 Å². The Morgan fingerprint density at radius 2 is 2.03 bits per heavy atom. The van der Waals surface area contributed by atoms with E-state index in [0.29, 0.717) is 18.3 Å². The van der Waals surface area contributed by atoms with Crippen LogP contribution in [0.5, 0.6) is 10.9 Å². The van der Waals surface area contributed by atoms with E-state index in [4.69, 9.17) is 9.47 Å². The van der Waals surface area contributed by atoms with Crippen molar-refractivity contribution in [3.63, 3.8) is 0 Å². The maximum absolute atomic E-state index is 13.0. The van der Waals surface area contributed by atoms with Gasteiger partial charge in [0.15, 0.2) is 0 Å². The first-order chi connectivity index (χ1) is 14.2. The summed E-state index contributed by atoms with van der Waals surface area (Å²) in [5.41, 5.74) is 2.64. The van der Waals surface area contributed by atoms with E-state index in [-0.39, 0.29) is 12.0 Å². The molecule has 1 aliphatic rings. The van der Waals surface area contributed by atoms with Gasteiger partial charge in [0.1, 0.15) is 11.9 Å². The lowest BCUT2D eigenvalue weighted by molar-refractivity contribution is 0.0597. The quantitative estimate of drug-likeness (QED) is 0.542. The Bertz CT molecular complexity index is 1170. The van der Waals surface area contributed by atoms with Gasteiger partial charge in [0.25, 0.3) is 11.1 Å². The van der Waals surface area contributed by atoms with Gasteiger partial charge in [-0.1, -0.05) is 29.5 Å². The second-order valence-electron chi connectivity index (χ2n) is 7.17. The summed E-state index contributed by atoms with van der Waals surface area (Å²) >= 11 is 1.53. The van der Waals surface area contributed by atoms with Gasteiger partial charge in [0, 0.05) is 43.0 Å². The number of thiazole rings is 1. The van der Waals surface area contributed by atoms with Crippen LogP contribution in [0.1, 0.15) is 23.2 Å². The molecule has 0 bridgehead atoms. The van der Waals surface area contributed by atoms with Gasteiger partial charge in [-0.15, -0.1) is 0 Å². The summed E-state index contributed by atoms with van der Waals surface area (Å²) in [6.45, 7) is 1.36. The topological polar surface area (TPSA) is 67.5 Å². The molecular weight excluding hydrogens is 386 g/mol. The number of likely N-dealkylation sites (tertiary alicyclic amines) is 1. The Labute approximate surface area is 172 Å². The average molecular weight is 407 g/mol. The highest BCUT2D eigenvalue weighted by molar-refractivity contribution is 7.20. The number of piperidine rings is 1. The predicted molar refractivity (Wildman–Crippen MR) is 114 cm³/mol. The third-order valence-corrected chi connectivity index (χ3v) is 6.30. The third-order valence-electron chi connectivity index (χ3n) is 5.39. The number of aromatic amines is 1. The number of fused-ring (bicyclic) bond motifs is 2. The third kappa shape index (κ3) is 3.42. The summed E-state index contributed by atoms with van der Waals surface area (Å²) in [6.07, 6.45) is 3.48. The molecule has 1 saturated heterocycles. The summed E-state index contributed by atoms with van der Waals surface area (Å²) < 4.78 is 12.4. The molecule has 7 heteroatoms. The van der Waals surface area contributed by atoms with Crippen molar-refractivity contribution in [2.45, 2.75) is 18.9 Å². The number of amides is 1. The highest BCUT2D eigenvalue weighted by atomic mass is 32.1. The number of hydrogen-bond donors (Lipinski definition) is 1. The number of carbonyl (C=O) groups excluding carboxylic acids is 1. The molecule has 2 aromatic carbocycles. The van der Waals surface area contributed by atoms with Gasteiger partial charge in [-0.2, -0.15) is 0 Å². The Balaban J connectivity index is 1.24. The van der Waals surface area contributed by atoms with E-state index in [1.54, 1.807) is 7.11 Å². The molecule has 0 atom stereocenters. The van der Waals surface area contributed by atoms with Gasteiger partial charge in [-0.25, -0.2) is 4.98 Å². The first kappa shape index (κ1) is 18.0. The van der Waals surface area contributed by atoms with Crippen molar-refractivity contribution in [2.75, 3.05) is 20.2 Å². The standard InChI is InChI=1S/C22H21N3O3S/c1-27-15-6-7-19-20(12-15)29-22(24-19)28-14-8-10-25(11-9-14)21(26)17-13-23-18-5-3-2-4-16(17)18/h2-7,12-14,23H,8-11H2,1H3. The minimum Gasteiger partial charge on any atom is -0.497 e. The molecule has 0 radical (unpaired) electrons. The van der Waals surface area contributed by atoms with E-state index >= 15 is 0 Å². The summed E-state index contributed by atoms with van der Waals surface area (Å²) in [5, 5.41) is 1.65. The highest BCUT2D eigenvalue weighted by Crippen LogP contribution is 2.32. The molecule has 29 heavy (non-hydrogen) atoms. The van der Waals surface area contributed by atoms with Crippen molar-refractivity contribution < 1.29 is 14.3 Å². The average Bonchev–Trinajstić information content (AvgIpc) is 3.36. The summed E-state index contributed by atoms with van der Waals surface area (Å²) in [7, 11) is 1.66. The van der Waals surface area contributed by atoms with Crippen LogP contribution in [0.2, 0.25) is 0 Å². The van der Waals surface area contributed by atoms with Crippen LogP contribution in [0.25, 0.3) is 21.1 Å². The van der Waals surface area contributed by atoms with Gasteiger partial charge in [-0.3, -0.25) is 4.79 Å². The van der Waals surface area contributed by atoms with Crippen molar-refractivity contribution in [1.29, 1.82) is 0 Å². The number of H-pyrrole nitrogens is 1. The second kappa shape index (κ2) is 7.40. The lowest BCUT2D eigenvalue weighted by Gasteiger charge is -2.31. The van der Waals surface area contributed by atoms with Gasteiger partial charge in [-0.05, 0) is 24.3 Å². The minimum atomic E-state index is 0.0736. The van der Waals surface area contributed by atoms with Crippen LogP contribution in [0.4, 0.5) is 0 Å². The number of nitrogens with zero attached hydrogens (tertiary/aromatic N) is 2. The molecule has 5 rings (SSSR count). The number of carbonyl (C=O) groups is 1. The minimum absolute atomic E-state index is 0.0736. The molecule has 4 aromatic rings. The molecule has 1 amide bonds. The van der Waals surface area contributed by atoms with E-state index in [9.17, 15) is 4.79 Å². The molecule has 0 unspecified atom stereocenters. The monoisotopic (exact) mass is 407 g/mol. The number of nitrogens with one attached hydrogen (secondary N) is 1. The molecule has 1 aliphatic heterocycles. The Kier molecular flexibility index (Phi) is 4.60. The maximum atomic E-state index is 13.0. The molecule has 3 heterocycles. The van der Waals surface area contributed by atoms with Crippen molar-refractivity contribution in [3.8, 4) is 10.9 Å². The fraction of sp³-hybridized carbons (Fsp3) is 0.273. The van der Waals surface area contributed by atoms with Crippen LogP contribution in [-0.4, -0.2) is 47.1 Å². The van der Waals surface area contributed by atoms with Crippen LogP contribution in [0.3, 0.4) is 0 Å². The lowest BCUT2D eigenvalue weighted by atomic mass is 10.1. The second-order valence-corrected chi connectivity index (χ2v) is 8.16. The first-order valence-corrected chi connectivity index (χ1v) is 10.5. The number of methoxy groups -OCH3 is 1. The number of para-hydroxylation sites is 1. The van der Waals surface area contributed by atoms with E-state index in [0.717, 1.165) is 45.3 Å². The van der Waals surface area contributed by atoms with Crippen LogP contribution >= 0.6 is 11.3 Å². The zero-order valence-corrected chi connectivity index (χ0v) is 16.9. The number of rotatable bonds is 4. The van der Waals surface area contributed by atoms with Crippen LogP contribution in [0, 0.1) is 0 Å². The molecule has 148 valence electrons. The van der Waals surface area contributed by atoms with Gasteiger partial charge < -0.3 is 19.4 Å². The summed E-state index contributed by atoms with van der Waals surface area (Å²) in [5.74, 6) is 0.893. The maximum Gasteiger partial charge on any atom is 0.274 e. The summed E-state index contributed by atoms with van der Waals surface area (Å²) in [4.78, 5) is 22.6. The molecule has 0 spiro atoms. The first-order valence-electron chi connectivity index (χ1n) is 9.68. The summed E-state index contributed by atoms with van der Waals surface area (Å²) in [6, 6.07) is 13.7. The van der Waals surface area contributed by atoms with Crippen molar-refractivity contribution in [3.05, 3.63) is 54.2 Å². The SMILES string of the molecule is COc1ccc2nc(OC3CCN(C(=O)c4c[nH]c5ccccc45)CC3)sc2c1. The number of aromatic nitrogens is 2. The molecule has 1 fully saturated rings. The van der Waals surface area contributed by atoms with E-state index in [1.807, 2.05) is 53.6 Å². The van der Waals surface area contributed by atoms with Crippen LogP contribution < -0.4 is 9.47 Å². The van der Waals surface area contributed by atoms with Crippen LogP contribution in [0.15, 0.2) is 48.7 Å². The zero-order valence-electron chi connectivity index (χ0n) is 16.1. The van der Waals surface area contributed by atoms with E-state index < -0.39 is 0 Å². The van der Waals surface area contributed by atoms with Crippen molar-refractivity contribution >= 4 is 38.4 Å². The largest absolute Gasteiger partial charge is 0.497 e. The fourth-order valence-electron chi connectivity index (χ4n) is 3.80. The molecule has 2 aromatic heterocycles. The lowest BCUT2D eigenvalue weighted by Crippen LogP contribution is -2.41. The highest BCUT2D eigenvalue weighted by Gasteiger charge is 2.26. The fourth-order valence-corrected chi connectivity index (χ4v) is 4.71. The predicted octanol–water partition coefficient (Wildman–Crippen LogP) is 4.47. The smallest absolute Gasteiger partial charge is 0.274 e. The molecule has 0 saturated carbocycles. The molecule has 1 N–H and O–H groups in total. The normalized spacial score (nSPS) is 15.1. The van der Waals surface area contributed by atoms with Gasteiger partial charge in [0.2, 0.25) is 0 Å². The Morgan fingerprint density at radius 1 is 1.21 bits per heavy atom. The van der Waals surface area contributed by atoms with Gasteiger partial charge in [0.05, 0.1) is 22.9 Å². The molecule has 0 aliphatic carbocycles. The van der Waals surface area contributed by atoms with Crippen molar-refractivity contribution in [2.24, 2.45) is 0 Å². The van der Waals surface area contributed by atoms with Crippen molar-refractivity contribution in [1.82, 2.24) is 14.9 Å². The number of hydrogen-bond acceptors (Lipinski definition) is 5. The number of ether oxygens (including phenoxy) is 2. The molecule has 6 nitrogen and oxygen atoms in total. The van der Waals surface area contributed by atoms with Crippen LogP contribution in [-0.2, 0) is 0 Å². The number of benzene rings is 2. The van der Waals surface area contributed by atoms with E-state index in [2.05, 4.69) is 9.97 Å².